The Kier molecular flexibility index (Phi) is 4.70. The van der Waals surface area contributed by atoms with Crippen LogP contribution in [0.1, 0.15) is 11.1 Å². The Bertz CT molecular complexity index is 632. The fraction of sp³-hybridized carbons (Fsp3) is 0.143. The molecule has 6 heteroatoms. The molecule has 0 saturated heterocycles. The van der Waals surface area contributed by atoms with Crippen LogP contribution in [0.5, 0.6) is 0 Å². The summed E-state index contributed by atoms with van der Waals surface area (Å²) in [6.07, 6.45) is 0. The Morgan fingerprint density at radius 2 is 1.90 bits per heavy atom. The molecule has 0 aromatic heterocycles. The number of nitro groups is 1. The first-order valence-electron chi connectivity index (χ1n) is 6.06. The lowest BCUT2D eigenvalue weighted by Crippen LogP contribution is -2.07. The third kappa shape index (κ3) is 3.34. The van der Waals surface area contributed by atoms with Crippen molar-refractivity contribution < 1.29 is 4.92 Å². The molecule has 0 aliphatic rings. The lowest BCUT2D eigenvalue weighted by Gasteiger charge is -2.10. The second kappa shape index (κ2) is 6.49. The molecule has 2 rings (SSSR count). The van der Waals surface area contributed by atoms with Gasteiger partial charge in [0.2, 0.25) is 0 Å². The van der Waals surface area contributed by atoms with E-state index >= 15 is 0 Å². The molecule has 0 aliphatic heterocycles. The molecule has 0 fully saturated rings. The van der Waals surface area contributed by atoms with Gasteiger partial charge in [-0.3, -0.25) is 10.1 Å². The van der Waals surface area contributed by atoms with Gasteiger partial charge in [0.15, 0.2) is 0 Å². The van der Waals surface area contributed by atoms with Crippen molar-refractivity contribution >= 4 is 27.3 Å². The van der Waals surface area contributed by atoms with Crippen LogP contribution in [0, 0.1) is 10.1 Å². The molecule has 0 aliphatic carbocycles. The smallest absolute Gasteiger partial charge is 0.292 e. The van der Waals surface area contributed by atoms with Crippen molar-refractivity contribution in [1.29, 1.82) is 0 Å². The minimum Gasteiger partial charge on any atom is -0.375 e. The van der Waals surface area contributed by atoms with Crippen molar-refractivity contribution in [3.05, 3.63) is 68.2 Å². The Morgan fingerprint density at radius 3 is 2.55 bits per heavy atom. The van der Waals surface area contributed by atoms with E-state index in [1.54, 1.807) is 12.1 Å². The van der Waals surface area contributed by atoms with E-state index < -0.39 is 4.92 Å². The van der Waals surface area contributed by atoms with Gasteiger partial charge in [-0.15, -0.1) is 0 Å². The predicted octanol–water partition coefficient (Wildman–Crippen LogP) is 3.43. The molecule has 0 spiro atoms. The predicted molar refractivity (Wildman–Crippen MR) is 82.5 cm³/mol. The number of nitrogens with one attached hydrogen (secondary N) is 1. The summed E-state index contributed by atoms with van der Waals surface area (Å²) in [5.41, 5.74) is 8.27. The SMILES string of the molecule is NCc1ccccc1CNc1cc(Br)ccc1[N+](=O)[O-]. The monoisotopic (exact) mass is 335 g/mol. The number of benzene rings is 2. The molecule has 0 amide bonds. The molecule has 0 saturated carbocycles. The minimum atomic E-state index is -0.399. The number of hydrogen-bond donors (Lipinski definition) is 2. The first-order valence-corrected chi connectivity index (χ1v) is 6.86. The zero-order valence-corrected chi connectivity index (χ0v) is 12.3. The summed E-state index contributed by atoms with van der Waals surface area (Å²) in [4.78, 5) is 10.6. The summed E-state index contributed by atoms with van der Waals surface area (Å²) >= 11 is 3.32. The third-order valence-electron chi connectivity index (χ3n) is 2.96. The van der Waals surface area contributed by atoms with Gasteiger partial charge in [0.1, 0.15) is 5.69 Å². The number of nitrogens with zero attached hydrogens (tertiary/aromatic N) is 1. The van der Waals surface area contributed by atoms with Crippen LogP contribution in [0.25, 0.3) is 0 Å². The van der Waals surface area contributed by atoms with E-state index in [0.29, 0.717) is 18.8 Å². The molecule has 104 valence electrons. The van der Waals surface area contributed by atoms with Crippen molar-refractivity contribution in [3.8, 4) is 0 Å². The van der Waals surface area contributed by atoms with Crippen LogP contribution in [0.15, 0.2) is 46.9 Å². The fourth-order valence-electron chi connectivity index (χ4n) is 1.93. The van der Waals surface area contributed by atoms with E-state index in [1.807, 2.05) is 24.3 Å². The quantitative estimate of drug-likeness (QED) is 0.647. The van der Waals surface area contributed by atoms with Crippen LogP contribution in [0.2, 0.25) is 0 Å². The first kappa shape index (κ1) is 14.5. The normalized spacial score (nSPS) is 10.3. The maximum atomic E-state index is 11.0. The number of nitro benzene ring substituents is 1. The third-order valence-corrected chi connectivity index (χ3v) is 3.46. The summed E-state index contributed by atoms with van der Waals surface area (Å²) in [6.45, 7) is 0.934. The first-order chi connectivity index (χ1) is 9.61. The number of nitrogens with two attached hydrogens (primary N) is 1. The van der Waals surface area contributed by atoms with Gasteiger partial charge in [0.25, 0.3) is 5.69 Å². The molecule has 0 unspecified atom stereocenters. The minimum absolute atomic E-state index is 0.0541. The van der Waals surface area contributed by atoms with E-state index in [2.05, 4.69) is 21.2 Å². The molecule has 5 nitrogen and oxygen atoms in total. The van der Waals surface area contributed by atoms with Crippen molar-refractivity contribution in [2.45, 2.75) is 13.1 Å². The molecular formula is C14H14BrN3O2. The van der Waals surface area contributed by atoms with Gasteiger partial charge in [-0.05, 0) is 23.3 Å². The molecule has 3 N–H and O–H groups in total. The molecule has 0 heterocycles. The zero-order valence-electron chi connectivity index (χ0n) is 10.7. The Labute approximate surface area is 125 Å². The molecule has 2 aromatic carbocycles. The molecule has 0 radical (unpaired) electrons. The average Bonchev–Trinajstić information content (AvgIpc) is 2.45. The molecule has 2 aromatic rings. The molecule has 0 bridgehead atoms. The van der Waals surface area contributed by atoms with Crippen molar-refractivity contribution in [1.82, 2.24) is 0 Å². The average molecular weight is 336 g/mol. The van der Waals surface area contributed by atoms with Crippen LogP contribution in [0.3, 0.4) is 0 Å². The van der Waals surface area contributed by atoms with Gasteiger partial charge >= 0.3 is 0 Å². The van der Waals surface area contributed by atoms with Crippen LogP contribution < -0.4 is 11.1 Å². The van der Waals surface area contributed by atoms with Gasteiger partial charge in [-0.2, -0.15) is 0 Å². The Balaban J connectivity index is 2.22. The highest BCUT2D eigenvalue weighted by Crippen LogP contribution is 2.28. The highest BCUT2D eigenvalue weighted by atomic mass is 79.9. The maximum absolute atomic E-state index is 11.0. The number of hydrogen-bond acceptors (Lipinski definition) is 4. The lowest BCUT2D eigenvalue weighted by atomic mass is 10.1. The van der Waals surface area contributed by atoms with Gasteiger partial charge < -0.3 is 11.1 Å². The van der Waals surface area contributed by atoms with Gasteiger partial charge in [0.05, 0.1) is 4.92 Å². The number of anilines is 1. The van der Waals surface area contributed by atoms with Gasteiger partial charge in [-0.25, -0.2) is 0 Å². The van der Waals surface area contributed by atoms with E-state index in [4.69, 9.17) is 5.73 Å². The number of rotatable bonds is 5. The molecule has 20 heavy (non-hydrogen) atoms. The van der Waals surface area contributed by atoms with Crippen LogP contribution in [0.4, 0.5) is 11.4 Å². The van der Waals surface area contributed by atoms with E-state index in [1.165, 1.54) is 6.07 Å². The summed E-state index contributed by atoms with van der Waals surface area (Å²) < 4.78 is 0.790. The van der Waals surface area contributed by atoms with E-state index in [0.717, 1.165) is 15.6 Å². The summed E-state index contributed by atoms with van der Waals surface area (Å²) in [7, 11) is 0. The zero-order chi connectivity index (χ0) is 14.5. The Hall–Kier alpha value is -1.92. The second-order valence-corrected chi connectivity index (χ2v) is 5.16. The largest absolute Gasteiger partial charge is 0.375 e. The van der Waals surface area contributed by atoms with Crippen molar-refractivity contribution in [3.63, 3.8) is 0 Å². The van der Waals surface area contributed by atoms with Gasteiger partial charge in [-0.1, -0.05) is 40.2 Å². The van der Waals surface area contributed by atoms with Crippen molar-refractivity contribution in [2.24, 2.45) is 5.73 Å². The topological polar surface area (TPSA) is 81.2 Å². The summed E-state index contributed by atoms with van der Waals surface area (Å²) in [6, 6.07) is 12.6. The van der Waals surface area contributed by atoms with Crippen LogP contribution in [-0.2, 0) is 13.1 Å². The van der Waals surface area contributed by atoms with Crippen LogP contribution in [-0.4, -0.2) is 4.92 Å². The second-order valence-electron chi connectivity index (χ2n) is 4.24. The van der Waals surface area contributed by atoms with Crippen molar-refractivity contribution in [2.75, 3.05) is 5.32 Å². The van der Waals surface area contributed by atoms with E-state index in [-0.39, 0.29) is 5.69 Å². The maximum Gasteiger partial charge on any atom is 0.292 e. The standard InChI is InChI=1S/C14H14BrN3O2/c15-12-5-6-14(18(19)20)13(7-12)17-9-11-4-2-1-3-10(11)8-16/h1-7,17H,8-9,16H2. The number of halogens is 1. The summed E-state index contributed by atoms with van der Waals surface area (Å²) in [5, 5.41) is 14.1. The fourth-order valence-corrected chi connectivity index (χ4v) is 2.29. The lowest BCUT2D eigenvalue weighted by molar-refractivity contribution is -0.384. The molecule has 0 atom stereocenters. The highest BCUT2D eigenvalue weighted by molar-refractivity contribution is 9.10. The van der Waals surface area contributed by atoms with Crippen LogP contribution >= 0.6 is 15.9 Å². The highest BCUT2D eigenvalue weighted by Gasteiger charge is 2.13. The molecular weight excluding hydrogens is 322 g/mol. The Morgan fingerprint density at radius 1 is 1.20 bits per heavy atom. The summed E-state index contributed by atoms with van der Waals surface area (Å²) in [5.74, 6) is 0. The van der Waals surface area contributed by atoms with E-state index in [9.17, 15) is 10.1 Å². The van der Waals surface area contributed by atoms with Gasteiger partial charge in [0, 0.05) is 23.6 Å².